The molecule has 16 heavy (non-hydrogen) atoms. The van der Waals surface area contributed by atoms with Crippen LogP contribution >= 0.6 is 23.7 Å². The standard InChI is InChI=1S/C10H17N3OS.ClH/c1-12-3-4-13(2)6-9-5-8(7-15-9)10(11)14;/h5,7,12H,3-4,6H2,1-2H3,(H2,11,14);1H. The number of carbonyl (C=O) groups excluding carboxylic acids is 1. The molecule has 3 N–H and O–H groups in total. The Bertz CT molecular complexity index is 330. The Morgan fingerprint density at radius 2 is 2.31 bits per heavy atom. The van der Waals surface area contributed by atoms with Crippen molar-refractivity contribution in [3.05, 3.63) is 21.9 Å². The van der Waals surface area contributed by atoms with E-state index in [9.17, 15) is 4.79 Å². The summed E-state index contributed by atoms with van der Waals surface area (Å²) in [5.41, 5.74) is 5.79. The monoisotopic (exact) mass is 263 g/mol. The summed E-state index contributed by atoms with van der Waals surface area (Å²) in [4.78, 5) is 14.2. The van der Waals surface area contributed by atoms with Crippen LogP contribution in [0.5, 0.6) is 0 Å². The smallest absolute Gasteiger partial charge is 0.249 e. The number of halogens is 1. The highest BCUT2D eigenvalue weighted by molar-refractivity contribution is 7.10. The highest BCUT2D eigenvalue weighted by Gasteiger charge is 2.06. The molecule has 4 nitrogen and oxygen atoms in total. The van der Waals surface area contributed by atoms with Crippen molar-refractivity contribution in [3.63, 3.8) is 0 Å². The number of nitrogens with zero attached hydrogens (tertiary/aromatic N) is 1. The average Bonchev–Trinajstić information content (AvgIpc) is 2.63. The molecule has 0 aromatic carbocycles. The van der Waals surface area contributed by atoms with Crippen molar-refractivity contribution in [2.75, 3.05) is 27.2 Å². The van der Waals surface area contributed by atoms with Gasteiger partial charge in [0.05, 0.1) is 5.56 Å². The van der Waals surface area contributed by atoms with Gasteiger partial charge in [-0.15, -0.1) is 23.7 Å². The second-order valence-corrected chi connectivity index (χ2v) is 4.50. The Labute approximate surface area is 106 Å². The first-order valence-electron chi connectivity index (χ1n) is 4.84. The first-order chi connectivity index (χ1) is 7.13. The molecule has 0 aliphatic rings. The zero-order valence-corrected chi connectivity index (χ0v) is 11.2. The van der Waals surface area contributed by atoms with Gasteiger partial charge in [0.25, 0.3) is 0 Å². The molecule has 0 aliphatic carbocycles. The normalized spacial score (nSPS) is 10.2. The summed E-state index contributed by atoms with van der Waals surface area (Å²) >= 11 is 1.58. The summed E-state index contributed by atoms with van der Waals surface area (Å²) in [6.45, 7) is 2.81. The molecule has 0 unspecified atom stereocenters. The van der Waals surface area contributed by atoms with E-state index < -0.39 is 0 Å². The topological polar surface area (TPSA) is 58.4 Å². The number of likely N-dealkylation sites (N-methyl/N-ethyl adjacent to an activating group) is 2. The first-order valence-corrected chi connectivity index (χ1v) is 5.72. The summed E-state index contributed by atoms with van der Waals surface area (Å²) in [5, 5.41) is 4.90. The molecule has 6 heteroatoms. The zero-order chi connectivity index (χ0) is 11.3. The second-order valence-electron chi connectivity index (χ2n) is 3.51. The van der Waals surface area contributed by atoms with Crippen molar-refractivity contribution in [1.29, 1.82) is 0 Å². The van der Waals surface area contributed by atoms with Crippen LogP contribution in [0.3, 0.4) is 0 Å². The summed E-state index contributed by atoms with van der Waals surface area (Å²) in [7, 11) is 3.99. The molecule has 92 valence electrons. The minimum Gasteiger partial charge on any atom is -0.366 e. The zero-order valence-electron chi connectivity index (χ0n) is 9.53. The fourth-order valence-electron chi connectivity index (χ4n) is 1.24. The molecule has 0 saturated carbocycles. The van der Waals surface area contributed by atoms with Gasteiger partial charge in [-0.3, -0.25) is 4.79 Å². The van der Waals surface area contributed by atoms with E-state index in [1.54, 1.807) is 11.3 Å². The lowest BCUT2D eigenvalue weighted by atomic mass is 10.3. The minimum atomic E-state index is -0.352. The van der Waals surface area contributed by atoms with Crippen LogP contribution < -0.4 is 11.1 Å². The number of nitrogens with two attached hydrogens (primary N) is 1. The van der Waals surface area contributed by atoms with Gasteiger partial charge in [-0.2, -0.15) is 0 Å². The fraction of sp³-hybridized carbons (Fsp3) is 0.500. The summed E-state index contributed by atoms with van der Waals surface area (Å²) in [6, 6.07) is 1.86. The van der Waals surface area contributed by atoms with Gasteiger partial charge >= 0.3 is 0 Å². The lowest BCUT2D eigenvalue weighted by molar-refractivity contribution is 0.100. The third-order valence-corrected chi connectivity index (χ3v) is 3.03. The van der Waals surface area contributed by atoms with Crippen LogP contribution in [0, 0.1) is 0 Å². The lowest BCUT2D eigenvalue weighted by Crippen LogP contribution is -2.26. The van der Waals surface area contributed by atoms with Crippen LogP contribution in [0.1, 0.15) is 15.2 Å². The van der Waals surface area contributed by atoms with Gasteiger partial charge in [0, 0.05) is 29.9 Å². The van der Waals surface area contributed by atoms with E-state index in [4.69, 9.17) is 5.73 Å². The fourth-order valence-corrected chi connectivity index (χ4v) is 2.19. The molecule has 0 radical (unpaired) electrons. The quantitative estimate of drug-likeness (QED) is 0.803. The van der Waals surface area contributed by atoms with Crippen LogP contribution in [0.4, 0.5) is 0 Å². The number of carbonyl (C=O) groups is 1. The van der Waals surface area contributed by atoms with E-state index in [0.29, 0.717) is 5.56 Å². The van der Waals surface area contributed by atoms with Crippen molar-refractivity contribution in [2.45, 2.75) is 6.54 Å². The summed E-state index contributed by atoms with van der Waals surface area (Å²) < 4.78 is 0. The molecule has 1 heterocycles. The average molecular weight is 264 g/mol. The number of hydrogen-bond donors (Lipinski definition) is 2. The number of rotatable bonds is 6. The van der Waals surface area contributed by atoms with Gasteiger partial charge in [0.15, 0.2) is 0 Å². The molecular weight excluding hydrogens is 246 g/mol. The molecule has 0 saturated heterocycles. The molecule has 0 atom stereocenters. The van der Waals surface area contributed by atoms with Gasteiger partial charge in [0.2, 0.25) is 5.91 Å². The van der Waals surface area contributed by atoms with Crippen molar-refractivity contribution < 1.29 is 4.79 Å². The van der Waals surface area contributed by atoms with Crippen molar-refractivity contribution in [3.8, 4) is 0 Å². The lowest BCUT2D eigenvalue weighted by Gasteiger charge is -2.14. The van der Waals surface area contributed by atoms with Crippen LogP contribution in [-0.4, -0.2) is 38.0 Å². The molecule has 1 amide bonds. The van der Waals surface area contributed by atoms with Crippen LogP contribution in [0.25, 0.3) is 0 Å². The minimum absolute atomic E-state index is 0. The number of primary amides is 1. The van der Waals surface area contributed by atoms with Crippen molar-refractivity contribution >= 4 is 29.7 Å². The highest BCUT2D eigenvalue weighted by Crippen LogP contribution is 2.15. The van der Waals surface area contributed by atoms with Crippen LogP contribution in [-0.2, 0) is 6.54 Å². The van der Waals surface area contributed by atoms with Crippen molar-refractivity contribution in [1.82, 2.24) is 10.2 Å². The SMILES string of the molecule is CNCCN(C)Cc1cc(C(N)=O)cs1.Cl. The van der Waals surface area contributed by atoms with Gasteiger partial charge in [-0.1, -0.05) is 0 Å². The molecule has 0 bridgehead atoms. The predicted octanol–water partition coefficient (Wildman–Crippen LogP) is 0.920. The summed E-state index contributed by atoms with van der Waals surface area (Å²) in [6.07, 6.45) is 0. The van der Waals surface area contributed by atoms with Gasteiger partial charge in [0.1, 0.15) is 0 Å². The number of amides is 1. The number of nitrogens with one attached hydrogen (secondary N) is 1. The predicted molar refractivity (Wildman–Crippen MR) is 70.3 cm³/mol. The molecule has 1 aromatic heterocycles. The Morgan fingerprint density at radius 1 is 1.62 bits per heavy atom. The van der Waals surface area contributed by atoms with E-state index >= 15 is 0 Å². The Hall–Kier alpha value is -0.620. The Kier molecular flexibility index (Phi) is 7.33. The molecule has 0 aliphatic heterocycles. The number of thiophene rings is 1. The Balaban J connectivity index is 0.00000225. The maximum atomic E-state index is 10.9. The van der Waals surface area contributed by atoms with Crippen LogP contribution in [0.15, 0.2) is 11.4 Å². The molecule has 0 fully saturated rings. The Morgan fingerprint density at radius 3 is 2.81 bits per heavy atom. The molecular formula is C10H18ClN3OS. The summed E-state index contributed by atoms with van der Waals surface area (Å²) in [5.74, 6) is -0.352. The van der Waals surface area contributed by atoms with Gasteiger partial charge < -0.3 is 16.0 Å². The van der Waals surface area contributed by atoms with E-state index in [2.05, 4.69) is 17.3 Å². The van der Waals surface area contributed by atoms with Gasteiger partial charge in [-0.05, 0) is 20.2 Å². The second kappa shape index (κ2) is 7.62. The van der Waals surface area contributed by atoms with Crippen LogP contribution in [0.2, 0.25) is 0 Å². The maximum Gasteiger partial charge on any atom is 0.249 e. The van der Waals surface area contributed by atoms with E-state index in [0.717, 1.165) is 19.6 Å². The van der Waals surface area contributed by atoms with Gasteiger partial charge in [-0.25, -0.2) is 0 Å². The first kappa shape index (κ1) is 15.4. The molecule has 1 aromatic rings. The molecule has 1 rings (SSSR count). The number of hydrogen-bond acceptors (Lipinski definition) is 4. The van der Waals surface area contributed by atoms with E-state index in [1.165, 1.54) is 4.88 Å². The highest BCUT2D eigenvalue weighted by atomic mass is 35.5. The van der Waals surface area contributed by atoms with E-state index in [1.807, 2.05) is 18.5 Å². The third kappa shape index (κ3) is 4.94. The van der Waals surface area contributed by atoms with Crippen molar-refractivity contribution in [2.24, 2.45) is 5.73 Å². The maximum absolute atomic E-state index is 10.9. The molecule has 0 spiro atoms. The van der Waals surface area contributed by atoms with E-state index in [-0.39, 0.29) is 18.3 Å². The third-order valence-electron chi connectivity index (χ3n) is 2.11. The largest absolute Gasteiger partial charge is 0.366 e.